The summed E-state index contributed by atoms with van der Waals surface area (Å²) < 4.78 is 0. The Balaban J connectivity index is 2.18. The molecular weight excluding hydrogens is 290 g/mol. The van der Waals surface area contributed by atoms with Gasteiger partial charge in [0.25, 0.3) is 5.91 Å². The average molecular weight is 306 g/mol. The normalized spacial score (nSPS) is 21.7. The van der Waals surface area contributed by atoms with E-state index in [1.165, 1.54) is 0 Å². The van der Waals surface area contributed by atoms with Gasteiger partial charge in [-0.3, -0.25) is 9.59 Å². The van der Waals surface area contributed by atoms with Crippen LogP contribution in [-0.2, 0) is 4.79 Å². The van der Waals surface area contributed by atoms with Gasteiger partial charge >= 0.3 is 0 Å². The minimum absolute atomic E-state index is 0.0496. The van der Waals surface area contributed by atoms with Crippen LogP contribution in [0.4, 0.5) is 0 Å². The second-order valence-corrected chi connectivity index (χ2v) is 6.01. The van der Waals surface area contributed by atoms with Crippen molar-refractivity contribution in [2.75, 3.05) is 6.54 Å². The molecule has 4 nitrogen and oxygen atoms in total. The zero-order chi connectivity index (χ0) is 15.1. The van der Waals surface area contributed by atoms with E-state index in [0.717, 1.165) is 24.8 Å². The lowest BCUT2D eigenvalue weighted by Crippen LogP contribution is -2.39. The van der Waals surface area contributed by atoms with Gasteiger partial charge < -0.3 is 10.0 Å². The van der Waals surface area contributed by atoms with Crippen LogP contribution in [0.2, 0.25) is 5.02 Å². The number of aliphatic hydroxyl groups excluding tert-OH is 1. The van der Waals surface area contributed by atoms with Gasteiger partial charge in [0.1, 0.15) is 5.76 Å². The number of nitrogens with zero attached hydrogens (tertiary/aromatic N) is 1. The van der Waals surface area contributed by atoms with Gasteiger partial charge in [0, 0.05) is 22.7 Å². The number of halogens is 1. The van der Waals surface area contributed by atoms with Crippen LogP contribution in [0.15, 0.2) is 17.9 Å². The molecule has 21 heavy (non-hydrogen) atoms. The zero-order valence-electron chi connectivity index (χ0n) is 11.7. The third-order valence-corrected chi connectivity index (χ3v) is 4.49. The van der Waals surface area contributed by atoms with E-state index < -0.39 is 0 Å². The van der Waals surface area contributed by atoms with Crippen LogP contribution in [0, 0.1) is 6.92 Å². The summed E-state index contributed by atoms with van der Waals surface area (Å²) in [4.78, 5) is 25.6. The maximum Gasteiger partial charge on any atom is 0.258 e. The van der Waals surface area contributed by atoms with Crippen molar-refractivity contribution < 1.29 is 14.7 Å². The number of carbonyl (C=O) groups is 2. The van der Waals surface area contributed by atoms with Gasteiger partial charge in [-0.05, 0) is 43.9 Å². The van der Waals surface area contributed by atoms with Gasteiger partial charge in [-0.25, -0.2) is 0 Å². The number of aryl methyl sites for hydroxylation is 1. The van der Waals surface area contributed by atoms with Crippen molar-refractivity contribution >= 4 is 29.4 Å². The Hall–Kier alpha value is -1.81. The molecular formula is C16H16ClNO3. The number of amides is 1. The van der Waals surface area contributed by atoms with E-state index in [1.54, 1.807) is 17.0 Å². The fraction of sp³-hybridized carbons (Fsp3) is 0.375. The molecule has 1 fully saturated rings. The van der Waals surface area contributed by atoms with E-state index in [-0.39, 0.29) is 23.3 Å². The Morgan fingerprint density at radius 2 is 2.14 bits per heavy atom. The molecule has 1 aromatic rings. The number of aldehydes is 1. The number of piperidine rings is 1. The van der Waals surface area contributed by atoms with Gasteiger partial charge in [0.15, 0.2) is 6.29 Å². The third-order valence-electron chi connectivity index (χ3n) is 4.19. The topological polar surface area (TPSA) is 57.6 Å². The van der Waals surface area contributed by atoms with Crippen LogP contribution in [0.5, 0.6) is 0 Å². The van der Waals surface area contributed by atoms with Gasteiger partial charge in [-0.15, -0.1) is 0 Å². The molecule has 2 heterocycles. The van der Waals surface area contributed by atoms with Crippen LogP contribution in [0.1, 0.15) is 40.7 Å². The Morgan fingerprint density at radius 1 is 1.38 bits per heavy atom. The molecule has 3 rings (SSSR count). The van der Waals surface area contributed by atoms with E-state index in [4.69, 9.17) is 11.6 Å². The summed E-state index contributed by atoms with van der Waals surface area (Å²) in [6, 6.07) is 3.12. The van der Waals surface area contributed by atoms with E-state index >= 15 is 0 Å². The van der Waals surface area contributed by atoms with Crippen molar-refractivity contribution in [3.8, 4) is 0 Å². The Bertz CT molecular complexity index is 666. The Labute approximate surface area is 128 Å². The van der Waals surface area contributed by atoms with Crippen molar-refractivity contribution in [1.29, 1.82) is 0 Å². The molecule has 0 radical (unpaired) electrons. The maximum absolute atomic E-state index is 12.6. The lowest BCUT2D eigenvalue weighted by Gasteiger charge is -2.29. The van der Waals surface area contributed by atoms with E-state index in [9.17, 15) is 14.7 Å². The van der Waals surface area contributed by atoms with Crippen LogP contribution in [0.25, 0.3) is 5.57 Å². The highest BCUT2D eigenvalue weighted by Gasteiger charge is 2.42. The number of fused-ring (bicyclic) bond motifs is 1. The number of carbonyl (C=O) groups excluding carboxylic acids is 2. The summed E-state index contributed by atoms with van der Waals surface area (Å²) in [5.41, 5.74) is 1.73. The number of hydrogen-bond donors (Lipinski definition) is 1. The lowest BCUT2D eigenvalue weighted by molar-refractivity contribution is -0.126. The smallest absolute Gasteiger partial charge is 0.258 e. The highest BCUT2D eigenvalue weighted by atomic mass is 35.5. The van der Waals surface area contributed by atoms with Crippen molar-refractivity contribution in [2.45, 2.75) is 32.2 Å². The molecule has 1 amide bonds. The summed E-state index contributed by atoms with van der Waals surface area (Å²) in [6.45, 7) is 2.47. The highest BCUT2D eigenvalue weighted by molar-refractivity contribution is 6.36. The highest BCUT2D eigenvalue weighted by Crippen LogP contribution is 2.40. The molecule has 110 valence electrons. The van der Waals surface area contributed by atoms with E-state index in [1.807, 2.05) is 6.92 Å². The van der Waals surface area contributed by atoms with Gasteiger partial charge in [-0.2, -0.15) is 0 Å². The minimum Gasteiger partial charge on any atom is -0.509 e. The summed E-state index contributed by atoms with van der Waals surface area (Å²) in [7, 11) is 0. The molecule has 1 saturated heterocycles. The van der Waals surface area contributed by atoms with Crippen molar-refractivity contribution in [2.24, 2.45) is 0 Å². The fourth-order valence-electron chi connectivity index (χ4n) is 3.24. The van der Waals surface area contributed by atoms with E-state index in [0.29, 0.717) is 29.0 Å². The molecule has 0 bridgehead atoms. The van der Waals surface area contributed by atoms with Crippen molar-refractivity contribution in [3.63, 3.8) is 0 Å². The molecule has 0 saturated carbocycles. The first-order chi connectivity index (χ1) is 10.0. The van der Waals surface area contributed by atoms with Crippen molar-refractivity contribution in [1.82, 2.24) is 4.90 Å². The average Bonchev–Trinajstić information content (AvgIpc) is 2.71. The zero-order valence-corrected chi connectivity index (χ0v) is 12.5. The second kappa shape index (κ2) is 5.19. The van der Waals surface area contributed by atoms with Crippen LogP contribution in [0.3, 0.4) is 0 Å². The van der Waals surface area contributed by atoms with Crippen LogP contribution in [-0.4, -0.2) is 34.8 Å². The standard InChI is InChI=1S/C16H16ClNO3/c1-9-6-10(8-19)13(11(17)7-9)14-15(20)12-4-2-3-5-18(12)16(14)21/h6-8,12,20H,2-5H2,1H3. The lowest BCUT2D eigenvalue weighted by atomic mass is 9.96. The predicted octanol–water partition coefficient (Wildman–Crippen LogP) is 3.12. The quantitative estimate of drug-likeness (QED) is 0.854. The first-order valence-corrected chi connectivity index (χ1v) is 7.42. The molecule has 0 aromatic heterocycles. The summed E-state index contributed by atoms with van der Waals surface area (Å²) >= 11 is 6.25. The van der Waals surface area contributed by atoms with Crippen molar-refractivity contribution in [3.05, 3.63) is 39.6 Å². The molecule has 2 aliphatic rings. The van der Waals surface area contributed by atoms with Crippen LogP contribution >= 0.6 is 11.6 Å². The second-order valence-electron chi connectivity index (χ2n) is 5.60. The number of aliphatic hydroxyl groups is 1. The van der Waals surface area contributed by atoms with Crippen LogP contribution < -0.4 is 0 Å². The molecule has 0 aliphatic carbocycles. The van der Waals surface area contributed by atoms with E-state index in [2.05, 4.69) is 0 Å². The first-order valence-electron chi connectivity index (χ1n) is 7.04. The minimum atomic E-state index is -0.266. The van der Waals surface area contributed by atoms with Gasteiger partial charge in [-0.1, -0.05) is 11.6 Å². The summed E-state index contributed by atoms with van der Waals surface area (Å²) in [6.07, 6.45) is 3.35. The predicted molar refractivity (Wildman–Crippen MR) is 80.5 cm³/mol. The summed E-state index contributed by atoms with van der Waals surface area (Å²) in [5, 5.41) is 10.8. The molecule has 1 unspecified atom stereocenters. The molecule has 1 atom stereocenters. The Kier molecular flexibility index (Phi) is 3.49. The first kappa shape index (κ1) is 14.1. The monoisotopic (exact) mass is 305 g/mol. The number of hydrogen-bond acceptors (Lipinski definition) is 3. The molecule has 5 heteroatoms. The summed E-state index contributed by atoms with van der Waals surface area (Å²) in [5.74, 6) is -0.181. The Morgan fingerprint density at radius 3 is 2.81 bits per heavy atom. The largest absolute Gasteiger partial charge is 0.509 e. The fourth-order valence-corrected chi connectivity index (χ4v) is 3.62. The molecule has 1 N–H and O–H groups in total. The molecule has 0 spiro atoms. The van der Waals surface area contributed by atoms with Gasteiger partial charge in [0.05, 0.1) is 11.6 Å². The SMILES string of the molecule is Cc1cc(Cl)c(C2=C(O)C3CCCCN3C2=O)c(C=O)c1. The maximum atomic E-state index is 12.6. The molecule has 1 aromatic carbocycles. The number of benzene rings is 1. The third kappa shape index (κ3) is 2.14. The van der Waals surface area contributed by atoms with Gasteiger partial charge in [0.2, 0.25) is 0 Å². The molecule has 2 aliphatic heterocycles. The number of rotatable bonds is 2.